The molecule has 4 nitrogen and oxygen atoms in total. The molecule has 4 aromatic carbocycles. The number of ketones is 1. The molecule has 0 aromatic heterocycles. The van der Waals surface area contributed by atoms with Gasteiger partial charge in [0.2, 0.25) is 0 Å². The highest BCUT2D eigenvalue weighted by molar-refractivity contribution is 6.20. The summed E-state index contributed by atoms with van der Waals surface area (Å²) in [5.41, 5.74) is 1.96. The van der Waals surface area contributed by atoms with E-state index in [1.54, 1.807) is 37.4 Å². The van der Waals surface area contributed by atoms with E-state index in [0.29, 0.717) is 40.7 Å². The van der Waals surface area contributed by atoms with Crippen LogP contribution >= 0.6 is 0 Å². The highest BCUT2D eigenvalue weighted by atomic mass is 19.1. The molecule has 1 saturated heterocycles. The van der Waals surface area contributed by atoms with Crippen LogP contribution in [0.1, 0.15) is 48.0 Å². The number of rotatable bonds is 8. The van der Waals surface area contributed by atoms with Crippen LogP contribution in [0.2, 0.25) is 0 Å². The Morgan fingerprint density at radius 2 is 1.73 bits per heavy atom. The monoisotopic (exact) mass is 497 g/mol. The van der Waals surface area contributed by atoms with E-state index < -0.39 is 0 Å². The van der Waals surface area contributed by atoms with Gasteiger partial charge in [-0.05, 0) is 90.7 Å². The Labute approximate surface area is 217 Å². The zero-order valence-electron chi connectivity index (χ0n) is 21.1. The van der Waals surface area contributed by atoms with Crippen LogP contribution in [0.15, 0.2) is 78.9 Å². The van der Waals surface area contributed by atoms with Gasteiger partial charge >= 0.3 is 0 Å². The van der Waals surface area contributed by atoms with E-state index in [1.807, 2.05) is 42.5 Å². The van der Waals surface area contributed by atoms with Gasteiger partial charge in [0.25, 0.3) is 0 Å². The normalized spacial score (nSPS) is 15.8. The summed E-state index contributed by atoms with van der Waals surface area (Å²) >= 11 is 0. The maximum Gasteiger partial charge on any atom is 0.194 e. The molecule has 0 aliphatic carbocycles. The Hall–Kier alpha value is -3.70. The average Bonchev–Trinajstić information content (AvgIpc) is 3.21. The first kappa shape index (κ1) is 25.0. The maximum absolute atomic E-state index is 14.8. The van der Waals surface area contributed by atoms with Gasteiger partial charge in [0.05, 0.1) is 13.7 Å². The Morgan fingerprint density at radius 3 is 2.54 bits per heavy atom. The molecule has 0 bridgehead atoms. The first-order valence-corrected chi connectivity index (χ1v) is 13.0. The Kier molecular flexibility index (Phi) is 7.81. The van der Waals surface area contributed by atoms with E-state index in [0.717, 1.165) is 29.5 Å². The van der Waals surface area contributed by atoms with Gasteiger partial charge in [-0.3, -0.25) is 4.79 Å². The Bertz CT molecular complexity index is 1370. The summed E-state index contributed by atoms with van der Waals surface area (Å²) in [5, 5.41) is 5.20. The minimum atomic E-state index is -0.365. The van der Waals surface area contributed by atoms with Crippen LogP contribution in [0, 0.1) is 5.82 Å². The summed E-state index contributed by atoms with van der Waals surface area (Å²) in [5.74, 6) is 0.909. The van der Waals surface area contributed by atoms with Crippen molar-refractivity contribution in [2.45, 2.75) is 38.1 Å². The number of halogens is 1. The van der Waals surface area contributed by atoms with Crippen molar-refractivity contribution >= 4 is 16.6 Å². The summed E-state index contributed by atoms with van der Waals surface area (Å²) in [6.07, 6.45) is 5.97. The topological polar surface area (TPSA) is 47.6 Å². The zero-order valence-corrected chi connectivity index (χ0v) is 21.1. The molecule has 1 fully saturated rings. The van der Waals surface area contributed by atoms with Gasteiger partial charge in [0, 0.05) is 22.7 Å². The quantitative estimate of drug-likeness (QED) is 0.262. The molecule has 1 heterocycles. The van der Waals surface area contributed by atoms with Crippen molar-refractivity contribution < 1.29 is 18.7 Å². The van der Waals surface area contributed by atoms with Gasteiger partial charge in [-0.15, -0.1) is 0 Å². The second-order valence-electron chi connectivity index (χ2n) is 9.55. The van der Waals surface area contributed by atoms with E-state index in [1.165, 1.54) is 31.7 Å². The van der Waals surface area contributed by atoms with Crippen molar-refractivity contribution in [2.75, 3.05) is 20.3 Å². The minimum Gasteiger partial charge on any atom is -0.497 e. The lowest BCUT2D eigenvalue weighted by atomic mass is 9.89. The second kappa shape index (κ2) is 11.6. The van der Waals surface area contributed by atoms with Crippen molar-refractivity contribution in [1.29, 1.82) is 0 Å². The van der Waals surface area contributed by atoms with Crippen molar-refractivity contribution in [1.82, 2.24) is 5.32 Å². The summed E-state index contributed by atoms with van der Waals surface area (Å²) in [7, 11) is 1.61. The SMILES string of the molecule is COc1ccc2c(C(=O)c3ccc(OCCC4CCCCCN4)cc3)c(-c3ccccc3F)ccc2c1. The molecule has 4 aromatic rings. The van der Waals surface area contributed by atoms with Crippen LogP contribution in [-0.4, -0.2) is 32.1 Å². The highest BCUT2D eigenvalue weighted by Crippen LogP contribution is 2.35. The fourth-order valence-corrected chi connectivity index (χ4v) is 5.10. The molecule has 5 rings (SSSR count). The van der Waals surface area contributed by atoms with Crippen LogP contribution in [0.4, 0.5) is 4.39 Å². The van der Waals surface area contributed by atoms with Crippen LogP contribution < -0.4 is 14.8 Å². The standard InChI is InChI=1S/C32H32FNO3/c1-36-26-15-17-27-23(21-26)12-16-29(28-8-4-5-9-30(28)33)31(27)32(35)22-10-13-25(14-11-22)37-20-18-24-7-3-2-6-19-34-24/h4-5,8-17,21,24,34H,2-3,6-7,18-20H2,1H3. The van der Waals surface area contributed by atoms with E-state index in [2.05, 4.69) is 5.32 Å². The summed E-state index contributed by atoms with van der Waals surface area (Å²) < 4.78 is 26.2. The van der Waals surface area contributed by atoms with E-state index in [-0.39, 0.29) is 11.6 Å². The molecular weight excluding hydrogens is 465 g/mol. The van der Waals surface area contributed by atoms with Crippen molar-refractivity contribution in [2.24, 2.45) is 0 Å². The van der Waals surface area contributed by atoms with E-state index in [9.17, 15) is 9.18 Å². The average molecular weight is 498 g/mol. The van der Waals surface area contributed by atoms with Crippen LogP contribution in [0.3, 0.4) is 0 Å². The summed E-state index contributed by atoms with van der Waals surface area (Å²) in [4.78, 5) is 13.9. The molecule has 1 aliphatic rings. The molecule has 0 amide bonds. The van der Waals surface area contributed by atoms with Crippen molar-refractivity contribution in [3.05, 3.63) is 95.8 Å². The number of methoxy groups -OCH3 is 1. The van der Waals surface area contributed by atoms with Crippen LogP contribution in [0.5, 0.6) is 11.5 Å². The van der Waals surface area contributed by atoms with Gasteiger partial charge in [0.15, 0.2) is 5.78 Å². The second-order valence-corrected chi connectivity index (χ2v) is 9.55. The molecule has 1 aliphatic heterocycles. The molecule has 190 valence electrons. The molecule has 1 N–H and O–H groups in total. The smallest absolute Gasteiger partial charge is 0.194 e. The third kappa shape index (κ3) is 5.67. The lowest BCUT2D eigenvalue weighted by Crippen LogP contribution is -2.29. The third-order valence-electron chi connectivity index (χ3n) is 7.13. The van der Waals surface area contributed by atoms with Crippen molar-refractivity contribution in [3.63, 3.8) is 0 Å². The molecular formula is C32H32FNO3. The number of hydrogen-bond acceptors (Lipinski definition) is 4. The molecule has 0 saturated carbocycles. The Morgan fingerprint density at radius 1 is 0.919 bits per heavy atom. The number of hydrogen-bond donors (Lipinski definition) is 1. The number of ether oxygens (including phenoxy) is 2. The largest absolute Gasteiger partial charge is 0.497 e. The van der Waals surface area contributed by atoms with Gasteiger partial charge in [0.1, 0.15) is 17.3 Å². The van der Waals surface area contributed by atoms with Crippen LogP contribution in [-0.2, 0) is 0 Å². The van der Waals surface area contributed by atoms with Gasteiger partial charge in [-0.2, -0.15) is 0 Å². The lowest BCUT2D eigenvalue weighted by Gasteiger charge is -2.16. The predicted molar refractivity (Wildman–Crippen MR) is 146 cm³/mol. The van der Waals surface area contributed by atoms with E-state index >= 15 is 0 Å². The Balaban J connectivity index is 1.42. The first-order chi connectivity index (χ1) is 18.1. The van der Waals surface area contributed by atoms with Crippen LogP contribution in [0.25, 0.3) is 21.9 Å². The third-order valence-corrected chi connectivity index (χ3v) is 7.13. The fourth-order valence-electron chi connectivity index (χ4n) is 5.10. The molecule has 1 atom stereocenters. The number of benzene rings is 4. The number of fused-ring (bicyclic) bond motifs is 1. The van der Waals surface area contributed by atoms with Gasteiger partial charge in [-0.1, -0.05) is 43.2 Å². The number of carbonyl (C=O) groups excluding carboxylic acids is 1. The maximum atomic E-state index is 14.8. The lowest BCUT2D eigenvalue weighted by molar-refractivity contribution is 0.104. The summed E-state index contributed by atoms with van der Waals surface area (Å²) in [6.45, 7) is 1.71. The number of nitrogens with one attached hydrogen (secondary N) is 1. The highest BCUT2D eigenvalue weighted by Gasteiger charge is 2.21. The summed E-state index contributed by atoms with van der Waals surface area (Å²) in [6, 6.07) is 23.6. The zero-order chi connectivity index (χ0) is 25.6. The molecule has 0 spiro atoms. The minimum absolute atomic E-state index is 0.164. The molecule has 5 heteroatoms. The molecule has 37 heavy (non-hydrogen) atoms. The molecule has 0 radical (unpaired) electrons. The van der Waals surface area contributed by atoms with Gasteiger partial charge in [-0.25, -0.2) is 4.39 Å². The fraction of sp³-hybridized carbons (Fsp3) is 0.281. The number of carbonyl (C=O) groups is 1. The van der Waals surface area contributed by atoms with Crippen molar-refractivity contribution in [3.8, 4) is 22.6 Å². The molecule has 1 unspecified atom stereocenters. The van der Waals surface area contributed by atoms with Gasteiger partial charge < -0.3 is 14.8 Å². The van der Waals surface area contributed by atoms with E-state index in [4.69, 9.17) is 9.47 Å². The first-order valence-electron chi connectivity index (χ1n) is 13.0. The predicted octanol–water partition coefficient (Wildman–Crippen LogP) is 7.19.